The number of para-hydroxylation sites is 1. The molecule has 1 aliphatic carbocycles. The van der Waals surface area contributed by atoms with Gasteiger partial charge in [0.2, 0.25) is 0 Å². The Balaban J connectivity index is 1.30. The van der Waals surface area contributed by atoms with Gasteiger partial charge < -0.3 is 10.1 Å². The molecule has 0 saturated heterocycles. The Hall–Kier alpha value is -1.60. The topological polar surface area (TPSA) is 68.3 Å². The highest BCUT2D eigenvalue weighted by atomic mass is 32.2. The van der Waals surface area contributed by atoms with E-state index < -0.39 is 0 Å². The van der Waals surface area contributed by atoms with Gasteiger partial charge in [0.05, 0.1) is 10.2 Å². The number of fused-ring (bicyclic) bond motifs is 1. The number of ether oxygens (including phenoxy) is 1. The summed E-state index contributed by atoms with van der Waals surface area (Å²) < 4.78 is 7.33. The summed E-state index contributed by atoms with van der Waals surface area (Å²) >= 11 is 3.33. The predicted molar refractivity (Wildman–Crippen MR) is 115 cm³/mol. The van der Waals surface area contributed by atoms with Gasteiger partial charge >= 0.3 is 5.97 Å². The minimum Gasteiger partial charge on any atom is -0.456 e. The summed E-state index contributed by atoms with van der Waals surface area (Å²) in [6.45, 7) is 4.24. The highest BCUT2D eigenvalue weighted by Gasteiger charge is 2.28. The van der Waals surface area contributed by atoms with Crippen LogP contribution < -0.4 is 5.32 Å². The van der Waals surface area contributed by atoms with E-state index in [1.807, 2.05) is 18.2 Å². The molecule has 1 N–H and O–H groups in total. The second-order valence-electron chi connectivity index (χ2n) is 7.50. The molecule has 5 nitrogen and oxygen atoms in total. The molecular formula is C21H28N2O3S2. The molecule has 2 aromatic rings. The van der Waals surface area contributed by atoms with E-state index in [0.29, 0.717) is 24.7 Å². The van der Waals surface area contributed by atoms with E-state index in [4.69, 9.17) is 4.74 Å². The van der Waals surface area contributed by atoms with Crippen LogP contribution in [0.1, 0.15) is 46.0 Å². The zero-order chi connectivity index (χ0) is 19.9. The lowest BCUT2D eigenvalue weighted by Crippen LogP contribution is -2.45. The Labute approximate surface area is 174 Å². The van der Waals surface area contributed by atoms with Crippen molar-refractivity contribution in [3.05, 3.63) is 24.3 Å². The van der Waals surface area contributed by atoms with Crippen LogP contribution in [0, 0.1) is 11.8 Å². The molecule has 1 aromatic carbocycles. The lowest BCUT2D eigenvalue weighted by molar-refractivity contribution is -0.148. The minimum atomic E-state index is -0.315. The average molecular weight is 421 g/mol. The van der Waals surface area contributed by atoms with E-state index >= 15 is 0 Å². The molecule has 1 aliphatic rings. The fourth-order valence-corrected chi connectivity index (χ4v) is 5.62. The summed E-state index contributed by atoms with van der Waals surface area (Å²) in [6, 6.07) is 8.26. The molecule has 0 bridgehead atoms. The van der Waals surface area contributed by atoms with E-state index in [-0.39, 0.29) is 24.5 Å². The number of rotatable bonds is 8. The monoisotopic (exact) mass is 420 g/mol. The maximum absolute atomic E-state index is 12.1. The normalized spacial score (nSPS) is 22.1. The molecule has 28 heavy (non-hydrogen) atoms. The van der Waals surface area contributed by atoms with Gasteiger partial charge in [0.25, 0.3) is 5.91 Å². The molecule has 1 aromatic heterocycles. The number of benzene rings is 1. The van der Waals surface area contributed by atoms with Gasteiger partial charge in [0, 0.05) is 18.2 Å². The van der Waals surface area contributed by atoms with Gasteiger partial charge in [-0.3, -0.25) is 9.59 Å². The summed E-state index contributed by atoms with van der Waals surface area (Å²) in [4.78, 5) is 28.5. The molecule has 152 valence electrons. The fraction of sp³-hybridized carbons (Fsp3) is 0.571. The molecule has 0 unspecified atom stereocenters. The first-order chi connectivity index (χ1) is 13.5. The Bertz CT molecular complexity index is 775. The van der Waals surface area contributed by atoms with E-state index in [2.05, 4.69) is 30.2 Å². The molecule has 0 aliphatic heterocycles. The third-order valence-corrected chi connectivity index (χ3v) is 7.71. The van der Waals surface area contributed by atoms with Crippen LogP contribution in [-0.2, 0) is 14.3 Å². The molecule has 1 saturated carbocycles. The summed E-state index contributed by atoms with van der Waals surface area (Å²) in [5, 5.41) is 3.03. The number of esters is 1. The molecule has 0 spiro atoms. The Morgan fingerprint density at radius 3 is 2.93 bits per heavy atom. The Morgan fingerprint density at radius 2 is 2.11 bits per heavy atom. The van der Waals surface area contributed by atoms with Crippen molar-refractivity contribution in [2.75, 3.05) is 12.4 Å². The van der Waals surface area contributed by atoms with E-state index in [0.717, 1.165) is 28.5 Å². The number of carbonyl (C=O) groups excluding carboxylic acids is 2. The first kappa shape index (κ1) is 21.1. The number of hydrogen-bond donors (Lipinski definition) is 1. The van der Waals surface area contributed by atoms with Gasteiger partial charge in [0.1, 0.15) is 0 Å². The van der Waals surface area contributed by atoms with E-state index in [1.54, 1.807) is 23.1 Å². The summed E-state index contributed by atoms with van der Waals surface area (Å²) in [6.07, 6.45) is 4.40. The van der Waals surface area contributed by atoms with Crippen molar-refractivity contribution >= 4 is 45.2 Å². The first-order valence-corrected chi connectivity index (χ1v) is 11.8. The largest absolute Gasteiger partial charge is 0.456 e. The van der Waals surface area contributed by atoms with Crippen LogP contribution in [0.25, 0.3) is 10.2 Å². The van der Waals surface area contributed by atoms with Crippen molar-refractivity contribution in [3.8, 4) is 0 Å². The molecule has 1 amide bonds. The molecule has 1 fully saturated rings. The molecule has 1 heterocycles. The summed E-state index contributed by atoms with van der Waals surface area (Å²) in [5.41, 5.74) is 1.02. The van der Waals surface area contributed by atoms with Crippen molar-refractivity contribution in [1.29, 1.82) is 0 Å². The van der Waals surface area contributed by atoms with Crippen molar-refractivity contribution in [1.82, 2.24) is 10.3 Å². The third kappa shape index (κ3) is 5.95. The Morgan fingerprint density at radius 1 is 1.29 bits per heavy atom. The van der Waals surface area contributed by atoms with Crippen molar-refractivity contribution in [2.45, 2.75) is 56.3 Å². The number of amides is 1. The van der Waals surface area contributed by atoms with Crippen LogP contribution in [0.15, 0.2) is 28.6 Å². The second-order valence-corrected chi connectivity index (χ2v) is 9.87. The molecule has 3 atom stereocenters. The van der Waals surface area contributed by atoms with Crippen molar-refractivity contribution in [2.24, 2.45) is 11.8 Å². The zero-order valence-electron chi connectivity index (χ0n) is 16.5. The molecule has 7 heteroatoms. The first-order valence-electron chi connectivity index (χ1n) is 9.96. The quantitative estimate of drug-likeness (QED) is 0.382. The SMILES string of the molecule is C[C@H]1[C@@H](NC(=O)COC(=O)CCCSc2nc3ccccc3s2)CCC[C@@H]1C. The van der Waals surface area contributed by atoms with Crippen LogP contribution >= 0.6 is 23.1 Å². The second kappa shape index (κ2) is 10.3. The highest BCUT2D eigenvalue weighted by Crippen LogP contribution is 2.30. The average Bonchev–Trinajstić information content (AvgIpc) is 3.10. The van der Waals surface area contributed by atoms with Crippen LogP contribution in [-0.4, -0.2) is 35.3 Å². The van der Waals surface area contributed by atoms with Crippen LogP contribution in [0.3, 0.4) is 0 Å². The fourth-order valence-electron chi connectivity index (χ4n) is 3.54. The van der Waals surface area contributed by atoms with Crippen LogP contribution in [0.2, 0.25) is 0 Å². The van der Waals surface area contributed by atoms with Gasteiger partial charge in [-0.25, -0.2) is 4.98 Å². The van der Waals surface area contributed by atoms with Gasteiger partial charge in [0.15, 0.2) is 10.9 Å². The smallest absolute Gasteiger partial charge is 0.306 e. The highest BCUT2D eigenvalue weighted by molar-refractivity contribution is 8.01. The number of nitrogens with zero attached hydrogens (tertiary/aromatic N) is 1. The third-order valence-electron chi connectivity index (χ3n) is 5.44. The van der Waals surface area contributed by atoms with Gasteiger partial charge in [-0.2, -0.15) is 0 Å². The molecule has 0 radical (unpaired) electrons. The number of aromatic nitrogens is 1. The number of thiazole rings is 1. The predicted octanol–water partition coefficient (Wildman–Crippen LogP) is 4.65. The van der Waals surface area contributed by atoms with Crippen LogP contribution in [0.5, 0.6) is 0 Å². The Kier molecular flexibility index (Phi) is 7.73. The number of nitrogens with one attached hydrogen (secondary N) is 1. The van der Waals surface area contributed by atoms with Gasteiger partial charge in [-0.1, -0.05) is 50.6 Å². The van der Waals surface area contributed by atoms with Gasteiger partial charge in [-0.05, 0) is 36.8 Å². The van der Waals surface area contributed by atoms with Crippen molar-refractivity contribution < 1.29 is 14.3 Å². The standard InChI is InChI=1S/C21H28N2O3S2/c1-14-7-5-9-16(15(14)2)22-19(24)13-26-20(25)11-6-12-27-21-23-17-8-3-4-10-18(17)28-21/h3-4,8,10,14-16H,5-7,9,11-13H2,1-2H3,(H,22,24)/t14-,15+,16-/m0/s1. The van der Waals surface area contributed by atoms with Crippen LogP contribution in [0.4, 0.5) is 0 Å². The van der Waals surface area contributed by atoms with Crippen molar-refractivity contribution in [3.63, 3.8) is 0 Å². The summed E-state index contributed by atoms with van der Waals surface area (Å²) in [7, 11) is 0. The number of thioether (sulfide) groups is 1. The number of hydrogen-bond acceptors (Lipinski definition) is 6. The van der Waals surface area contributed by atoms with Gasteiger partial charge in [-0.15, -0.1) is 11.3 Å². The lowest BCUT2D eigenvalue weighted by Gasteiger charge is -2.34. The van der Waals surface area contributed by atoms with E-state index in [9.17, 15) is 9.59 Å². The zero-order valence-corrected chi connectivity index (χ0v) is 18.1. The molecule has 3 rings (SSSR count). The number of carbonyl (C=O) groups is 2. The van der Waals surface area contributed by atoms with E-state index in [1.165, 1.54) is 11.1 Å². The maximum atomic E-state index is 12.1. The lowest BCUT2D eigenvalue weighted by atomic mass is 9.78. The molecular weight excluding hydrogens is 392 g/mol. The maximum Gasteiger partial charge on any atom is 0.306 e. The minimum absolute atomic E-state index is 0.179. The summed E-state index contributed by atoms with van der Waals surface area (Å²) in [5.74, 6) is 1.38.